The Labute approximate surface area is 113 Å². The molecule has 0 radical (unpaired) electrons. The average Bonchev–Trinajstić information content (AvgIpc) is 2.48. The standard InChI is InChI=1S/C15H19N3O/c16-9-11-5-2-4-8-14(11)19-15-17-10-12-6-1-3-7-13(12)18-15/h1,3,6-7,10-11,14H,2,4-5,8-9,16H2. The normalized spacial score (nSPS) is 23.4. The van der Waals surface area contributed by atoms with E-state index in [0.717, 1.165) is 23.7 Å². The van der Waals surface area contributed by atoms with Gasteiger partial charge in [0.25, 0.3) is 0 Å². The molecule has 1 fully saturated rings. The van der Waals surface area contributed by atoms with Crippen molar-refractivity contribution in [3.05, 3.63) is 30.5 Å². The van der Waals surface area contributed by atoms with Crippen LogP contribution in [-0.4, -0.2) is 22.6 Å². The molecule has 19 heavy (non-hydrogen) atoms. The van der Waals surface area contributed by atoms with E-state index >= 15 is 0 Å². The van der Waals surface area contributed by atoms with Crippen LogP contribution in [0.3, 0.4) is 0 Å². The summed E-state index contributed by atoms with van der Waals surface area (Å²) in [5, 5.41) is 1.04. The van der Waals surface area contributed by atoms with E-state index in [4.69, 9.17) is 10.5 Å². The molecule has 2 N–H and O–H groups in total. The van der Waals surface area contributed by atoms with Crippen molar-refractivity contribution in [1.29, 1.82) is 0 Å². The summed E-state index contributed by atoms with van der Waals surface area (Å²) in [6.07, 6.45) is 6.64. The second kappa shape index (κ2) is 5.53. The van der Waals surface area contributed by atoms with Crippen LogP contribution in [0, 0.1) is 5.92 Å². The number of benzene rings is 1. The number of nitrogens with zero attached hydrogens (tertiary/aromatic N) is 2. The van der Waals surface area contributed by atoms with Crippen LogP contribution in [0.4, 0.5) is 0 Å². The zero-order chi connectivity index (χ0) is 13.1. The van der Waals surface area contributed by atoms with Crippen molar-refractivity contribution in [3.63, 3.8) is 0 Å². The summed E-state index contributed by atoms with van der Waals surface area (Å²) in [6, 6.07) is 8.41. The summed E-state index contributed by atoms with van der Waals surface area (Å²) >= 11 is 0. The number of nitrogens with two attached hydrogens (primary N) is 1. The number of fused-ring (bicyclic) bond motifs is 1. The van der Waals surface area contributed by atoms with Gasteiger partial charge in [-0.3, -0.25) is 0 Å². The van der Waals surface area contributed by atoms with E-state index in [-0.39, 0.29) is 6.10 Å². The smallest absolute Gasteiger partial charge is 0.317 e. The fourth-order valence-corrected chi connectivity index (χ4v) is 2.75. The maximum atomic E-state index is 5.96. The number of ether oxygens (including phenoxy) is 1. The topological polar surface area (TPSA) is 61.0 Å². The lowest BCUT2D eigenvalue weighted by Crippen LogP contribution is -2.35. The molecule has 4 nitrogen and oxygen atoms in total. The van der Waals surface area contributed by atoms with Gasteiger partial charge in [0.2, 0.25) is 0 Å². The van der Waals surface area contributed by atoms with Gasteiger partial charge < -0.3 is 10.5 Å². The van der Waals surface area contributed by atoms with Crippen molar-refractivity contribution in [3.8, 4) is 6.01 Å². The average molecular weight is 257 g/mol. The molecule has 1 aromatic carbocycles. The summed E-state index contributed by atoms with van der Waals surface area (Å²) in [5.74, 6) is 0.434. The first kappa shape index (κ1) is 12.4. The zero-order valence-corrected chi connectivity index (χ0v) is 11.0. The van der Waals surface area contributed by atoms with Crippen LogP contribution in [0.1, 0.15) is 25.7 Å². The molecule has 1 heterocycles. The molecule has 4 heteroatoms. The van der Waals surface area contributed by atoms with Crippen molar-refractivity contribution in [2.24, 2.45) is 11.7 Å². The molecule has 3 rings (SSSR count). The lowest BCUT2D eigenvalue weighted by molar-refractivity contribution is 0.0876. The van der Waals surface area contributed by atoms with Gasteiger partial charge in [-0.25, -0.2) is 4.98 Å². The largest absolute Gasteiger partial charge is 0.460 e. The maximum absolute atomic E-state index is 5.96. The number of rotatable bonds is 3. The van der Waals surface area contributed by atoms with Gasteiger partial charge >= 0.3 is 6.01 Å². The second-order valence-electron chi connectivity index (χ2n) is 5.15. The monoisotopic (exact) mass is 257 g/mol. The second-order valence-corrected chi connectivity index (χ2v) is 5.15. The van der Waals surface area contributed by atoms with Gasteiger partial charge in [-0.1, -0.05) is 24.6 Å². The van der Waals surface area contributed by atoms with E-state index in [1.54, 1.807) is 0 Å². The Morgan fingerprint density at radius 1 is 1.21 bits per heavy atom. The SMILES string of the molecule is NCC1CCCCC1Oc1ncc2ccccc2n1. The first-order chi connectivity index (χ1) is 9.36. The molecule has 100 valence electrons. The molecule has 2 unspecified atom stereocenters. The van der Waals surface area contributed by atoms with E-state index in [2.05, 4.69) is 9.97 Å². The van der Waals surface area contributed by atoms with Crippen LogP contribution < -0.4 is 10.5 Å². The van der Waals surface area contributed by atoms with Crippen LogP contribution in [0.5, 0.6) is 6.01 Å². The molecular formula is C15H19N3O. The molecule has 1 aliphatic carbocycles. The predicted octanol–water partition coefficient (Wildman–Crippen LogP) is 2.53. The number of aromatic nitrogens is 2. The minimum absolute atomic E-state index is 0.167. The van der Waals surface area contributed by atoms with Crippen molar-refractivity contribution < 1.29 is 4.74 Å². The summed E-state index contributed by atoms with van der Waals surface area (Å²) in [4.78, 5) is 8.76. The highest BCUT2D eigenvalue weighted by Gasteiger charge is 2.26. The van der Waals surface area contributed by atoms with E-state index in [9.17, 15) is 0 Å². The number of hydrogen-bond acceptors (Lipinski definition) is 4. The Balaban J connectivity index is 1.80. The first-order valence-electron chi connectivity index (χ1n) is 6.95. The van der Waals surface area contributed by atoms with Gasteiger partial charge in [-0.05, 0) is 31.9 Å². The molecule has 1 saturated carbocycles. The van der Waals surface area contributed by atoms with Gasteiger partial charge in [-0.15, -0.1) is 0 Å². The fraction of sp³-hybridized carbons (Fsp3) is 0.467. The van der Waals surface area contributed by atoms with Gasteiger partial charge in [0, 0.05) is 17.5 Å². The summed E-state index contributed by atoms with van der Waals surface area (Å²) in [7, 11) is 0. The lowest BCUT2D eigenvalue weighted by Gasteiger charge is -2.30. The van der Waals surface area contributed by atoms with E-state index < -0.39 is 0 Å². The van der Waals surface area contributed by atoms with E-state index in [1.807, 2.05) is 30.5 Å². The Morgan fingerprint density at radius 2 is 2.05 bits per heavy atom. The minimum Gasteiger partial charge on any atom is -0.460 e. The first-order valence-corrected chi connectivity index (χ1v) is 6.95. The number of para-hydroxylation sites is 1. The van der Waals surface area contributed by atoms with Crippen LogP contribution >= 0.6 is 0 Å². The summed E-state index contributed by atoms with van der Waals surface area (Å²) in [6.45, 7) is 0.679. The van der Waals surface area contributed by atoms with Crippen molar-refractivity contribution in [2.75, 3.05) is 6.54 Å². The van der Waals surface area contributed by atoms with Gasteiger partial charge in [0.1, 0.15) is 6.10 Å². The molecule has 0 saturated heterocycles. The molecule has 2 aromatic rings. The molecule has 0 aliphatic heterocycles. The molecule has 1 aliphatic rings. The highest BCUT2D eigenvalue weighted by atomic mass is 16.5. The molecule has 2 atom stereocenters. The van der Waals surface area contributed by atoms with Gasteiger partial charge in [0.05, 0.1) is 5.52 Å². The van der Waals surface area contributed by atoms with Crippen LogP contribution in [0.2, 0.25) is 0 Å². The third-order valence-electron chi connectivity index (χ3n) is 3.87. The van der Waals surface area contributed by atoms with Gasteiger partial charge in [0.15, 0.2) is 0 Å². The highest BCUT2D eigenvalue weighted by molar-refractivity contribution is 5.77. The molecular weight excluding hydrogens is 238 g/mol. The summed E-state index contributed by atoms with van der Waals surface area (Å²) in [5.41, 5.74) is 6.74. The fourth-order valence-electron chi connectivity index (χ4n) is 2.75. The van der Waals surface area contributed by atoms with Gasteiger partial charge in [-0.2, -0.15) is 4.98 Å². The van der Waals surface area contributed by atoms with Crippen LogP contribution in [0.25, 0.3) is 10.9 Å². The van der Waals surface area contributed by atoms with Crippen molar-refractivity contribution in [2.45, 2.75) is 31.8 Å². The van der Waals surface area contributed by atoms with Crippen molar-refractivity contribution in [1.82, 2.24) is 9.97 Å². The number of hydrogen-bond donors (Lipinski definition) is 1. The zero-order valence-electron chi connectivity index (χ0n) is 11.0. The molecule has 0 amide bonds. The Hall–Kier alpha value is -1.68. The predicted molar refractivity (Wildman–Crippen MR) is 75.0 cm³/mol. The third kappa shape index (κ3) is 2.68. The Kier molecular flexibility index (Phi) is 3.60. The van der Waals surface area contributed by atoms with Crippen LogP contribution in [-0.2, 0) is 0 Å². The third-order valence-corrected chi connectivity index (χ3v) is 3.87. The molecule has 0 spiro atoms. The van der Waals surface area contributed by atoms with Crippen molar-refractivity contribution >= 4 is 10.9 Å². The van der Waals surface area contributed by atoms with Crippen LogP contribution in [0.15, 0.2) is 30.5 Å². The highest BCUT2D eigenvalue weighted by Crippen LogP contribution is 2.27. The molecule has 1 aromatic heterocycles. The quantitative estimate of drug-likeness (QED) is 0.917. The summed E-state index contributed by atoms with van der Waals surface area (Å²) < 4.78 is 5.96. The molecule has 0 bridgehead atoms. The lowest BCUT2D eigenvalue weighted by atomic mass is 9.86. The Bertz CT molecular complexity index is 558. The van der Waals surface area contributed by atoms with E-state index in [1.165, 1.54) is 12.8 Å². The minimum atomic E-state index is 0.167. The Morgan fingerprint density at radius 3 is 2.95 bits per heavy atom. The van der Waals surface area contributed by atoms with E-state index in [0.29, 0.717) is 18.5 Å². The maximum Gasteiger partial charge on any atom is 0.317 e.